The highest BCUT2D eigenvalue weighted by atomic mass is 35.5. The quantitative estimate of drug-likeness (QED) is 0.477. The molecule has 0 saturated heterocycles. The molecule has 0 saturated carbocycles. The van der Waals surface area contributed by atoms with Crippen molar-refractivity contribution in [1.29, 1.82) is 0 Å². The molecule has 6 heteroatoms. The molecule has 2 aromatic rings. The van der Waals surface area contributed by atoms with Crippen LogP contribution >= 0.6 is 11.6 Å². The van der Waals surface area contributed by atoms with Crippen molar-refractivity contribution in [2.75, 3.05) is 19.5 Å². The lowest BCUT2D eigenvalue weighted by Gasteiger charge is -2.08. The van der Waals surface area contributed by atoms with Crippen LogP contribution in [-0.2, 0) is 0 Å². The molecule has 0 bridgehead atoms. The Morgan fingerprint density at radius 3 is 2.57 bits per heavy atom. The smallest absolute Gasteiger partial charge is 0.187 e. The van der Waals surface area contributed by atoms with Gasteiger partial charge in [-0.05, 0) is 36.4 Å². The summed E-state index contributed by atoms with van der Waals surface area (Å²) < 4.78 is 10.3. The van der Waals surface area contributed by atoms with Crippen LogP contribution in [0.15, 0.2) is 48.7 Å². The standard InChI is InChI=1S/C17H16ClNO4/c1-22-16-6-3-11(9-17(16)23-2)14(20)7-8-19-13-10-12(18)4-5-15(13)21/h3-10,19,21H,1-2H3. The Morgan fingerprint density at radius 2 is 1.87 bits per heavy atom. The van der Waals surface area contributed by atoms with E-state index < -0.39 is 0 Å². The number of carbonyl (C=O) groups is 1. The topological polar surface area (TPSA) is 67.8 Å². The molecule has 0 spiro atoms. The van der Waals surface area contributed by atoms with E-state index in [9.17, 15) is 9.90 Å². The molecule has 0 aliphatic heterocycles. The molecule has 0 radical (unpaired) electrons. The SMILES string of the molecule is COc1ccc(C(=O)C=CNc2cc(Cl)ccc2O)cc1OC. The van der Waals surface area contributed by atoms with E-state index in [0.29, 0.717) is 27.8 Å². The van der Waals surface area contributed by atoms with Crippen LogP contribution in [-0.4, -0.2) is 25.1 Å². The van der Waals surface area contributed by atoms with Crippen LogP contribution in [0.25, 0.3) is 0 Å². The van der Waals surface area contributed by atoms with Crippen LogP contribution in [0.2, 0.25) is 5.02 Å². The van der Waals surface area contributed by atoms with E-state index in [2.05, 4.69) is 5.32 Å². The Bertz CT molecular complexity index is 743. The Balaban J connectivity index is 2.11. The van der Waals surface area contributed by atoms with Gasteiger partial charge in [0.2, 0.25) is 0 Å². The fourth-order valence-corrected chi connectivity index (χ4v) is 2.09. The van der Waals surface area contributed by atoms with E-state index in [4.69, 9.17) is 21.1 Å². The van der Waals surface area contributed by atoms with Gasteiger partial charge in [-0.2, -0.15) is 0 Å². The number of allylic oxidation sites excluding steroid dienone is 1. The van der Waals surface area contributed by atoms with Gasteiger partial charge in [0, 0.05) is 22.9 Å². The molecule has 0 heterocycles. The van der Waals surface area contributed by atoms with Crippen molar-refractivity contribution in [3.8, 4) is 17.2 Å². The van der Waals surface area contributed by atoms with Crippen molar-refractivity contribution < 1.29 is 19.4 Å². The first-order valence-electron chi connectivity index (χ1n) is 6.73. The third-order valence-electron chi connectivity index (χ3n) is 3.10. The van der Waals surface area contributed by atoms with E-state index in [1.165, 1.54) is 32.6 Å². The van der Waals surface area contributed by atoms with Crippen molar-refractivity contribution in [2.45, 2.75) is 0 Å². The summed E-state index contributed by atoms with van der Waals surface area (Å²) in [4.78, 5) is 12.1. The summed E-state index contributed by atoms with van der Waals surface area (Å²) in [7, 11) is 3.03. The molecule has 0 amide bonds. The number of anilines is 1. The zero-order chi connectivity index (χ0) is 16.8. The van der Waals surface area contributed by atoms with Crippen LogP contribution in [0.3, 0.4) is 0 Å². The van der Waals surface area contributed by atoms with Gasteiger partial charge in [0.15, 0.2) is 17.3 Å². The summed E-state index contributed by atoms with van der Waals surface area (Å²) in [6.07, 6.45) is 2.78. The van der Waals surface area contributed by atoms with Crippen LogP contribution in [0.5, 0.6) is 17.2 Å². The predicted molar refractivity (Wildman–Crippen MR) is 89.8 cm³/mol. The third kappa shape index (κ3) is 4.17. The van der Waals surface area contributed by atoms with Gasteiger partial charge in [0.1, 0.15) is 5.75 Å². The maximum atomic E-state index is 12.1. The zero-order valence-electron chi connectivity index (χ0n) is 12.7. The average molecular weight is 334 g/mol. The number of methoxy groups -OCH3 is 2. The van der Waals surface area contributed by atoms with E-state index in [1.54, 1.807) is 30.3 Å². The van der Waals surface area contributed by atoms with Crippen LogP contribution < -0.4 is 14.8 Å². The highest BCUT2D eigenvalue weighted by Gasteiger charge is 2.08. The number of aromatic hydroxyl groups is 1. The zero-order valence-corrected chi connectivity index (χ0v) is 13.4. The number of phenols is 1. The van der Waals surface area contributed by atoms with Gasteiger partial charge in [0.25, 0.3) is 0 Å². The van der Waals surface area contributed by atoms with Crippen LogP contribution in [0.1, 0.15) is 10.4 Å². The summed E-state index contributed by atoms with van der Waals surface area (Å²) in [6, 6.07) is 9.50. The van der Waals surface area contributed by atoms with Gasteiger partial charge in [-0.3, -0.25) is 4.79 Å². The van der Waals surface area contributed by atoms with Crippen molar-refractivity contribution >= 4 is 23.1 Å². The first-order valence-corrected chi connectivity index (χ1v) is 7.11. The summed E-state index contributed by atoms with van der Waals surface area (Å²) in [5.41, 5.74) is 0.866. The molecule has 0 atom stereocenters. The fourth-order valence-electron chi connectivity index (χ4n) is 1.92. The number of carbonyl (C=O) groups excluding carboxylic acids is 1. The molecule has 0 aliphatic carbocycles. The van der Waals surface area contributed by atoms with Crippen molar-refractivity contribution in [2.24, 2.45) is 0 Å². The highest BCUT2D eigenvalue weighted by molar-refractivity contribution is 6.30. The molecule has 0 aliphatic rings. The molecular weight excluding hydrogens is 318 g/mol. The number of hydrogen-bond donors (Lipinski definition) is 2. The van der Waals surface area contributed by atoms with Gasteiger partial charge >= 0.3 is 0 Å². The second-order valence-corrected chi connectivity index (χ2v) is 5.01. The first kappa shape index (κ1) is 16.7. The van der Waals surface area contributed by atoms with Gasteiger partial charge in [-0.1, -0.05) is 11.6 Å². The summed E-state index contributed by atoms with van der Waals surface area (Å²) >= 11 is 5.85. The Morgan fingerprint density at radius 1 is 1.13 bits per heavy atom. The van der Waals surface area contributed by atoms with Gasteiger partial charge < -0.3 is 19.9 Å². The molecule has 23 heavy (non-hydrogen) atoms. The Labute approximate surface area is 139 Å². The number of ketones is 1. The highest BCUT2D eigenvalue weighted by Crippen LogP contribution is 2.28. The lowest BCUT2D eigenvalue weighted by molar-refractivity contribution is 0.104. The monoisotopic (exact) mass is 333 g/mol. The van der Waals surface area contributed by atoms with E-state index in [0.717, 1.165) is 0 Å². The molecule has 2 aromatic carbocycles. The molecular formula is C17H16ClNO4. The van der Waals surface area contributed by atoms with Crippen molar-refractivity contribution in [1.82, 2.24) is 0 Å². The second kappa shape index (κ2) is 7.56. The number of nitrogens with one attached hydrogen (secondary N) is 1. The largest absolute Gasteiger partial charge is 0.506 e. The molecule has 0 unspecified atom stereocenters. The average Bonchev–Trinajstić information content (AvgIpc) is 2.57. The number of benzene rings is 2. The van der Waals surface area contributed by atoms with Crippen molar-refractivity contribution in [3.05, 3.63) is 59.3 Å². The maximum Gasteiger partial charge on any atom is 0.187 e. The fraction of sp³-hybridized carbons (Fsp3) is 0.118. The Kier molecular flexibility index (Phi) is 5.49. The van der Waals surface area contributed by atoms with Gasteiger partial charge in [-0.25, -0.2) is 0 Å². The second-order valence-electron chi connectivity index (χ2n) is 4.57. The summed E-state index contributed by atoms with van der Waals surface area (Å²) in [5.74, 6) is 0.847. The van der Waals surface area contributed by atoms with Crippen LogP contribution in [0.4, 0.5) is 5.69 Å². The molecule has 0 aromatic heterocycles. The minimum Gasteiger partial charge on any atom is -0.506 e. The number of rotatable bonds is 6. The predicted octanol–water partition coefficient (Wildman–Crippen LogP) is 3.87. The molecule has 5 nitrogen and oxygen atoms in total. The summed E-state index contributed by atoms with van der Waals surface area (Å²) in [6.45, 7) is 0. The number of hydrogen-bond acceptors (Lipinski definition) is 5. The molecule has 120 valence electrons. The van der Waals surface area contributed by atoms with Gasteiger partial charge in [-0.15, -0.1) is 0 Å². The molecule has 2 rings (SSSR count). The number of halogens is 1. The maximum absolute atomic E-state index is 12.1. The third-order valence-corrected chi connectivity index (χ3v) is 3.34. The van der Waals surface area contributed by atoms with Gasteiger partial charge in [0.05, 0.1) is 19.9 Å². The number of phenolic OH excluding ortho intramolecular Hbond substituents is 1. The Hall–Kier alpha value is -2.66. The van der Waals surface area contributed by atoms with Crippen LogP contribution in [0, 0.1) is 0 Å². The van der Waals surface area contributed by atoms with E-state index >= 15 is 0 Å². The molecule has 0 fully saturated rings. The van der Waals surface area contributed by atoms with E-state index in [1.807, 2.05) is 0 Å². The lowest BCUT2D eigenvalue weighted by Crippen LogP contribution is -1.98. The first-order chi connectivity index (χ1) is 11.0. The minimum absolute atomic E-state index is 0.0395. The van der Waals surface area contributed by atoms with Crippen molar-refractivity contribution in [3.63, 3.8) is 0 Å². The van der Waals surface area contributed by atoms with E-state index in [-0.39, 0.29) is 11.5 Å². The minimum atomic E-state index is -0.222. The summed E-state index contributed by atoms with van der Waals surface area (Å²) in [5, 5.41) is 13.0. The lowest BCUT2D eigenvalue weighted by atomic mass is 10.1. The number of ether oxygens (including phenoxy) is 2. The normalized spacial score (nSPS) is 10.6. The molecule has 2 N–H and O–H groups in total.